The van der Waals surface area contributed by atoms with Crippen molar-refractivity contribution in [2.24, 2.45) is 0 Å². The third-order valence-corrected chi connectivity index (χ3v) is 4.24. The number of benzene rings is 2. The van der Waals surface area contributed by atoms with Gasteiger partial charge in [0, 0.05) is 12.5 Å². The molecule has 1 atom stereocenters. The molecule has 1 aliphatic rings. The molecule has 2 aromatic carbocycles. The fourth-order valence-electron chi connectivity index (χ4n) is 3.10. The molecular formula is C19H19NO5. The first-order chi connectivity index (χ1) is 12.1. The van der Waals surface area contributed by atoms with Crippen LogP contribution in [0.3, 0.4) is 0 Å². The smallest absolute Gasteiger partial charge is 0.336 e. The number of rotatable bonds is 7. The molecule has 3 N–H and O–H groups in total. The lowest BCUT2D eigenvalue weighted by atomic mass is 9.98. The summed E-state index contributed by atoms with van der Waals surface area (Å²) in [6.45, 7) is -0.362. The monoisotopic (exact) mass is 341 g/mol. The van der Waals surface area contributed by atoms with Gasteiger partial charge in [0.15, 0.2) is 6.10 Å². The first-order valence-electron chi connectivity index (χ1n) is 8.03. The summed E-state index contributed by atoms with van der Waals surface area (Å²) in [5.41, 5.74) is 4.44. The number of aliphatic carboxylic acids is 1. The van der Waals surface area contributed by atoms with Crippen molar-refractivity contribution in [2.45, 2.75) is 12.0 Å². The minimum Gasteiger partial charge on any atom is -0.480 e. The van der Waals surface area contributed by atoms with Gasteiger partial charge in [0.2, 0.25) is 0 Å². The minimum atomic E-state index is -1.40. The molecule has 6 heteroatoms. The number of nitrogens with one attached hydrogen (secondary N) is 1. The maximum absolute atomic E-state index is 11.9. The van der Waals surface area contributed by atoms with Crippen molar-refractivity contribution in [1.29, 1.82) is 0 Å². The van der Waals surface area contributed by atoms with Crippen molar-refractivity contribution in [2.75, 3.05) is 19.7 Å². The summed E-state index contributed by atoms with van der Waals surface area (Å²) in [4.78, 5) is 22.4. The van der Waals surface area contributed by atoms with Crippen molar-refractivity contribution in [3.8, 4) is 11.1 Å². The SMILES string of the molecule is O=C(O)CNCC(O)C(=O)OCC1c2ccccc2-c2ccccc21. The van der Waals surface area contributed by atoms with Crippen LogP contribution in [0.15, 0.2) is 48.5 Å². The Labute approximate surface area is 145 Å². The number of aliphatic hydroxyl groups is 1. The molecule has 0 spiro atoms. The minimum absolute atomic E-state index is 0.0736. The van der Waals surface area contributed by atoms with Crippen LogP contribution < -0.4 is 5.32 Å². The number of carbonyl (C=O) groups is 2. The number of hydrogen-bond acceptors (Lipinski definition) is 5. The summed E-state index contributed by atoms with van der Waals surface area (Å²) >= 11 is 0. The van der Waals surface area contributed by atoms with E-state index in [1.54, 1.807) is 0 Å². The molecule has 1 unspecified atom stereocenters. The lowest BCUT2D eigenvalue weighted by Crippen LogP contribution is -2.37. The number of hydrogen-bond donors (Lipinski definition) is 3. The van der Waals surface area contributed by atoms with Gasteiger partial charge in [-0.05, 0) is 22.3 Å². The molecule has 0 radical (unpaired) electrons. The van der Waals surface area contributed by atoms with Crippen LogP contribution in [-0.4, -0.2) is 48.0 Å². The number of carboxylic acids is 1. The maximum Gasteiger partial charge on any atom is 0.336 e. The molecule has 1 aliphatic carbocycles. The van der Waals surface area contributed by atoms with Gasteiger partial charge in [-0.15, -0.1) is 0 Å². The average Bonchev–Trinajstić information content (AvgIpc) is 2.93. The van der Waals surface area contributed by atoms with E-state index in [-0.39, 0.29) is 25.6 Å². The van der Waals surface area contributed by atoms with E-state index in [1.807, 2.05) is 48.5 Å². The second-order valence-electron chi connectivity index (χ2n) is 5.90. The Morgan fingerprint density at radius 2 is 1.60 bits per heavy atom. The molecule has 0 bridgehead atoms. The molecule has 130 valence electrons. The van der Waals surface area contributed by atoms with E-state index >= 15 is 0 Å². The van der Waals surface area contributed by atoms with Crippen molar-refractivity contribution in [3.05, 3.63) is 59.7 Å². The van der Waals surface area contributed by atoms with Crippen LogP contribution in [0.25, 0.3) is 11.1 Å². The Kier molecular flexibility index (Phi) is 5.11. The number of ether oxygens (including phenoxy) is 1. The molecule has 0 aliphatic heterocycles. The van der Waals surface area contributed by atoms with E-state index in [2.05, 4.69) is 5.32 Å². The largest absolute Gasteiger partial charge is 0.480 e. The second-order valence-corrected chi connectivity index (χ2v) is 5.90. The first kappa shape index (κ1) is 17.1. The van der Waals surface area contributed by atoms with E-state index in [0.717, 1.165) is 22.3 Å². The normalized spacial score (nSPS) is 13.8. The molecule has 0 amide bonds. The molecule has 0 heterocycles. The highest BCUT2D eigenvalue weighted by Gasteiger charge is 2.29. The van der Waals surface area contributed by atoms with Crippen LogP contribution in [0, 0.1) is 0 Å². The lowest BCUT2D eigenvalue weighted by molar-refractivity contribution is -0.153. The van der Waals surface area contributed by atoms with Crippen molar-refractivity contribution in [3.63, 3.8) is 0 Å². The van der Waals surface area contributed by atoms with Gasteiger partial charge in [-0.25, -0.2) is 4.79 Å². The predicted octanol–water partition coefficient (Wildman–Crippen LogP) is 1.38. The Morgan fingerprint density at radius 1 is 1.04 bits per heavy atom. The van der Waals surface area contributed by atoms with Crippen LogP contribution in [0.4, 0.5) is 0 Å². The molecule has 6 nitrogen and oxygen atoms in total. The molecule has 0 saturated carbocycles. The number of fused-ring (bicyclic) bond motifs is 3. The van der Waals surface area contributed by atoms with E-state index < -0.39 is 18.0 Å². The lowest BCUT2D eigenvalue weighted by Gasteiger charge is -2.16. The Bertz CT molecular complexity index is 743. The second kappa shape index (κ2) is 7.46. The summed E-state index contributed by atoms with van der Waals surface area (Å²) in [5.74, 6) is -1.89. The standard InChI is InChI=1S/C19H19NO5/c21-17(9-20-10-18(22)23)19(24)25-11-16-14-7-3-1-5-12(14)13-6-2-4-8-15(13)16/h1-8,16-17,20-21H,9-11H2,(H,22,23). The number of esters is 1. The van der Waals surface area contributed by atoms with Gasteiger partial charge in [-0.3, -0.25) is 4.79 Å². The van der Waals surface area contributed by atoms with Crippen LogP contribution in [0.2, 0.25) is 0 Å². The van der Waals surface area contributed by atoms with Crippen LogP contribution in [-0.2, 0) is 14.3 Å². The van der Waals surface area contributed by atoms with Crippen molar-refractivity contribution in [1.82, 2.24) is 5.32 Å². The van der Waals surface area contributed by atoms with Gasteiger partial charge < -0.3 is 20.3 Å². The maximum atomic E-state index is 11.9. The van der Waals surface area contributed by atoms with Gasteiger partial charge >= 0.3 is 11.9 Å². The molecule has 0 aromatic heterocycles. The third kappa shape index (κ3) is 3.70. The highest BCUT2D eigenvalue weighted by Crippen LogP contribution is 2.44. The summed E-state index contributed by atoms with van der Waals surface area (Å²) in [5, 5.41) is 20.8. The summed E-state index contributed by atoms with van der Waals surface area (Å²) in [6.07, 6.45) is -1.40. The van der Waals surface area contributed by atoms with Gasteiger partial charge in [0.25, 0.3) is 0 Å². The van der Waals surface area contributed by atoms with Crippen molar-refractivity contribution < 1.29 is 24.5 Å². The number of aliphatic hydroxyl groups excluding tert-OH is 1. The van der Waals surface area contributed by atoms with E-state index in [9.17, 15) is 14.7 Å². The molecule has 0 saturated heterocycles. The number of carbonyl (C=O) groups excluding carboxylic acids is 1. The highest BCUT2D eigenvalue weighted by molar-refractivity contribution is 5.79. The molecular weight excluding hydrogens is 322 g/mol. The zero-order chi connectivity index (χ0) is 17.8. The zero-order valence-corrected chi connectivity index (χ0v) is 13.5. The average molecular weight is 341 g/mol. The molecule has 25 heavy (non-hydrogen) atoms. The topological polar surface area (TPSA) is 95.9 Å². The first-order valence-corrected chi connectivity index (χ1v) is 8.03. The van der Waals surface area contributed by atoms with Gasteiger partial charge in [0.1, 0.15) is 6.61 Å². The van der Waals surface area contributed by atoms with E-state index in [4.69, 9.17) is 9.84 Å². The van der Waals surface area contributed by atoms with Crippen LogP contribution in [0.5, 0.6) is 0 Å². The van der Waals surface area contributed by atoms with E-state index in [0.29, 0.717) is 0 Å². The Balaban J connectivity index is 1.65. The fourth-order valence-corrected chi connectivity index (χ4v) is 3.10. The quantitative estimate of drug-likeness (QED) is 0.659. The Hall–Kier alpha value is -2.70. The summed E-state index contributed by atoms with van der Waals surface area (Å²) in [7, 11) is 0. The predicted molar refractivity (Wildman–Crippen MR) is 91.2 cm³/mol. The van der Waals surface area contributed by atoms with Crippen LogP contribution in [0.1, 0.15) is 17.0 Å². The molecule has 2 aromatic rings. The zero-order valence-electron chi connectivity index (χ0n) is 13.5. The summed E-state index contributed by atoms with van der Waals surface area (Å²) < 4.78 is 5.28. The third-order valence-electron chi connectivity index (χ3n) is 4.24. The van der Waals surface area contributed by atoms with Crippen LogP contribution >= 0.6 is 0 Å². The van der Waals surface area contributed by atoms with E-state index in [1.165, 1.54) is 0 Å². The Morgan fingerprint density at radius 3 is 2.16 bits per heavy atom. The van der Waals surface area contributed by atoms with Gasteiger partial charge in [0.05, 0.1) is 6.54 Å². The fraction of sp³-hybridized carbons (Fsp3) is 0.263. The number of carboxylic acid groups (broad SMARTS) is 1. The van der Waals surface area contributed by atoms with Crippen molar-refractivity contribution >= 4 is 11.9 Å². The van der Waals surface area contributed by atoms with Gasteiger partial charge in [-0.1, -0.05) is 48.5 Å². The summed E-state index contributed by atoms with van der Waals surface area (Å²) in [6, 6.07) is 16.0. The highest BCUT2D eigenvalue weighted by atomic mass is 16.5. The molecule has 3 rings (SSSR count). The van der Waals surface area contributed by atoms with Gasteiger partial charge in [-0.2, -0.15) is 0 Å². The molecule has 0 fully saturated rings.